The Bertz CT molecular complexity index is 1120. The third-order valence-corrected chi connectivity index (χ3v) is 4.15. The zero-order valence-corrected chi connectivity index (χ0v) is 16.1. The molecule has 2 aromatic carbocycles. The lowest BCUT2D eigenvalue weighted by Crippen LogP contribution is -2.18. The molecule has 1 aromatic heterocycles. The van der Waals surface area contributed by atoms with Crippen LogP contribution in [0.15, 0.2) is 48.7 Å². The van der Waals surface area contributed by atoms with Crippen LogP contribution in [0.5, 0.6) is 11.5 Å². The molecule has 154 valence electrons. The molecule has 11 heteroatoms. The highest BCUT2D eigenvalue weighted by molar-refractivity contribution is 6.06. The lowest BCUT2D eigenvalue weighted by atomic mass is 10.2. The number of nitrogens with one attached hydrogen (secondary N) is 1. The number of carbonyl (C=O) groups is 1. The Morgan fingerprint density at radius 1 is 1.10 bits per heavy atom. The number of aryl methyl sites for hydroxylation is 2. The number of aromatic nitrogens is 2. The maximum atomic E-state index is 12.7. The van der Waals surface area contributed by atoms with Crippen LogP contribution in [0.4, 0.5) is 17.1 Å². The lowest BCUT2D eigenvalue weighted by Gasteiger charge is -2.10. The summed E-state index contributed by atoms with van der Waals surface area (Å²) in [6, 6.07) is 10.8. The van der Waals surface area contributed by atoms with Crippen molar-refractivity contribution < 1.29 is 19.4 Å². The van der Waals surface area contributed by atoms with Gasteiger partial charge in [-0.1, -0.05) is 17.7 Å². The molecule has 11 nitrogen and oxygen atoms in total. The number of rotatable bonds is 7. The Morgan fingerprint density at radius 3 is 2.40 bits per heavy atom. The van der Waals surface area contributed by atoms with Gasteiger partial charge in [-0.15, -0.1) is 0 Å². The standard InChI is InChI=1S/C19H17N5O6/c1-3-22-18(17(11-20-22)24(28)29)19(25)21-13-8-14(23(26)27)10-16(9-13)30-15-6-4-12(2)5-7-15/h4-11H,3H2,1-2H3,(H,21,25). The molecule has 0 fully saturated rings. The molecule has 3 aromatic rings. The first-order chi connectivity index (χ1) is 14.3. The van der Waals surface area contributed by atoms with Crippen molar-refractivity contribution in [3.63, 3.8) is 0 Å². The minimum atomic E-state index is -0.817. The van der Waals surface area contributed by atoms with Crippen LogP contribution in [-0.2, 0) is 6.54 Å². The molecule has 0 aliphatic carbocycles. The third kappa shape index (κ3) is 4.41. The van der Waals surface area contributed by atoms with Gasteiger partial charge in [0, 0.05) is 18.7 Å². The van der Waals surface area contributed by atoms with E-state index in [1.165, 1.54) is 16.8 Å². The first kappa shape index (κ1) is 20.5. The first-order valence-electron chi connectivity index (χ1n) is 8.84. The van der Waals surface area contributed by atoms with E-state index < -0.39 is 21.4 Å². The van der Waals surface area contributed by atoms with E-state index in [1.54, 1.807) is 19.1 Å². The summed E-state index contributed by atoms with van der Waals surface area (Å²) >= 11 is 0. The minimum absolute atomic E-state index is 0.0504. The van der Waals surface area contributed by atoms with Crippen molar-refractivity contribution >= 4 is 23.0 Å². The maximum absolute atomic E-state index is 12.7. The van der Waals surface area contributed by atoms with Crippen LogP contribution in [0.25, 0.3) is 0 Å². The van der Waals surface area contributed by atoms with Crippen LogP contribution in [0.1, 0.15) is 23.0 Å². The highest BCUT2D eigenvalue weighted by Gasteiger charge is 2.27. The third-order valence-electron chi connectivity index (χ3n) is 4.15. The zero-order valence-electron chi connectivity index (χ0n) is 16.1. The van der Waals surface area contributed by atoms with Crippen molar-refractivity contribution in [2.75, 3.05) is 5.32 Å². The van der Waals surface area contributed by atoms with Gasteiger partial charge in [0.15, 0.2) is 0 Å². The molecule has 0 aliphatic heterocycles. The van der Waals surface area contributed by atoms with E-state index in [2.05, 4.69) is 10.4 Å². The van der Waals surface area contributed by atoms with E-state index in [9.17, 15) is 25.0 Å². The van der Waals surface area contributed by atoms with Gasteiger partial charge >= 0.3 is 5.69 Å². The fourth-order valence-electron chi connectivity index (χ4n) is 2.73. The van der Waals surface area contributed by atoms with Gasteiger partial charge in [0.2, 0.25) is 5.69 Å². The smallest absolute Gasteiger partial charge is 0.320 e. The number of hydrogen-bond donors (Lipinski definition) is 1. The molecule has 3 rings (SSSR count). The van der Waals surface area contributed by atoms with E-state index >= 15 is 0 Å². The summed E-state index contributed by atoms with van der Waals surface area (Å²) in [5.74, 6) is -0.234. The SMILES string of the molecule is CCn1ncc([N+](=O)[O-])c1C(=O)Nc1cc(Oc2ccc(C)cc2)cc([N+](=O)[O-])c1. The normalized spacial score (nSPS) is 10.5. The van der Waals surface area contributed by atoms with E-state index in [0.717, 1.165) is 17.8 Å². The second kappa shape index (κ2) is 8.39. The monoisotopic (exact) mass is 411 g/mol. The van der Waals surface area contributed by atoms with Crippen LogP contribution in [-0.4, -0.2) is 25.5 Å². The van der Waals surface area contributed by atoms with Crippen LogP contribution < -0.4 is 10.1 Å². The Balaban J connectivity index is 1.94. The lowest BCUT2D eigenvalue weighted by molar-refractivity contribution is -0.385. The number of carbonyl (C=O) groups excluding carboxylic acids is 1. The molecule has 0 spiro atoms. The Morgan fingerprint density at radius 2 is 1.80 bits per heavy atom. The maximum Gasteiger partial charge on any atom is 0.320 e. The Hall–Kier alpha value is -4.28. The predicted octanol–water partition coefficient (Wildman–Crippen LogP) is 4.07. The summed E-state index contributed by atoms with van der Waals surface area (Å²) in [4.78, 5) is 33.8. The summed E-state index contributed by atoms with van der Waals surface area (Å²) in [5.41, 5.74) is 0.0391. The van der Waals surface area contributed by atoms with Crippen LogP contribution in [0, 0.1) is 27.2 Å². The molecule has 0 bridgehead atoms. The molecule has 1 amide bonds. The van der Waals surface area contributed by atoms with E-state index in [-0.39, 0.29) is 29.4 Å². The fourth-order valence-corrected chi connectivity index (χ4v) is 2.73. The average molecular weight is 411 g/mol. The predicted molar refractivity (Wildman–Crippen MR) is 107 cm³/mol. The van der Waals surface area contributed by atoms with Gasteiger partial charge in [0.25, 0.3) is 11.6 Å². The summed E-state index contributed by atoms with van der Waals surface area (Å²) in [6.45, 7) is 3.81. The minimum Gasteiger partial charge on any atom is -0.457 e. The highest BCUT2D eigenvalue weighted by atomic mass is 16.6. The molecule has 0 atom stereocenters. The number of anilines is 1. The summed E-state index contributed by atoms with van der Waals surface area (Å²) in [5, 5.41) is 28.8. The van der Waals surface area contributed by atoms with Crippen LogP contribution in [0.2, 0.25) is 0 Å². The Labute approximate surface area is 170 Å². The van der Waals surface area contributed by atoms with Gasteiger partial charge in [0.1, 0.15) is 17.7 Å². The number of nitrogens with zero attached hydrogens (tertiary/aromatic N) is 4. The molecular weight excluding hydrogens is 394 g/mol. The van der Waals surface area contributed by atoms with E-state index in [0.29, 0.717) is 5.75 Å². The second-order valence-electron chi connectivity index (χ2n) is 6.29. The summed E-state index contributed by atoms with van der Waals surface area (Å²) < 4.78 is 6.84. The molecule has 0 unspecified atom stereocenters. The van der Waals surface area contributed by atoms with Crippen LogP contribution >= 0.6 is 0 Å². The first-order valence-corrected chi connectivity index (χ1v) is 8.84. The van der Waals surface area contributed by atoms with Gasteiger partial charge in [0.05, 0.1) is 21.6 Å². The summed E-state index contributed by atoms with van der Waals surface area (Å²) in [6.07, 6.45) is 0.984. The number of benzene rings is 2. The Kier molecular flexibility index (Phi) is 5.72. The number of amides is 1. The van der Waals surface area contributed by atoms with Crippen molar-refractivity contribution in [1.29, 1.82) is 0 Å². The molecule has 0 aliphatic rings. The number of nitro benzene ring substituents is 1. The topological polar surface area (TPSA) is 142 Å². The average Bonchev–Trinajstić information content (AvgIpc) is 3.14. The molecular formula is C19H17N5O6. The van der Waals surface area contributed by atoms with E-state index in [1.807, 2.05) is 19.1 Å². The quantitative estimate of drug-likeness (QED) is 0.456. The molecule has 1 heterocycles. The molecule has 30 heavy (non-hydrogen) atoms. The second-order valence-corrected chi connectivity index (χ2v) is 6.29. The van der Waals surface area contributed by atoms with Gasteiger partial charge in [-0.25, -0.2) is 0 Å². The van der Waals surface area contributed by atoms with Gasteiger partial charge < -0.3 is 10.1 Å². The van der Waals surface area contributed by atoms with Crippen LogP contribution in [0.3, 0.4) is 0 Å². The van der Waals surface area contributed by atoms with Gasteiger partial charge in [-0.05, 0) is 26.0 Å². The highest BCUT2D eigenvalue weighted by Crippen LogP contribution is 2.30. The summed E-state index contributed by atoms with van der Waals surface area (Å²) in [7, 11) is 0. The number of ether oxygens (including phenoxy) is 1. The van der Waals surface area contributed by atoms with Gasteiger partial charge in [-0.3, -0.25) is 29.7 Å². The van der Waals surface area contributed by atoms with Crippen molar-refractivity contribution in [1.82, 2.24) is 9.78 Å². The fraction of sp³-hybridized carbons (Fsp3) is 0.158. The van der Waals surface area contributed by atoms with E-state index in [4.69, 9.17) is 4.74 Å². The number of hydrogen-bond acceptors (Lipinski definition) is 7. The molecule has 0 radical (unpaired) electrons. The van der Waals surface area contributed by atoms with Crippen molar-refractivity contribution in [2.24, 2.45) is 0 Å². The molecule has 0 saturated heterocycles. The van der Waals surface area contributed by atoms with Gasteiger partial charge in [-0.2, -0.15) is 5.10 Å². The van der Waals surface area contributed by atoms with Crippen molar-refractivity contribution in [3.05, 3.63) is 80.1 Å². The molecule has 0 saturated carbocycles. The largest absolute Gasteiger partial charge is 0.457 e. The zero-order chi connectivity index (χ0) is 21.8. The molecule has 1 N–H and O–H groups in total. The van der Waals surface area contributed by atoms with Crippen molar-refractivity contribution in [2.45, 2.75) is 20.4 Å². The number of nitro groups is 2. The number of non-ortho nitro benzene ring substituents is 1. The van der Waals surface area contributed by atoms with Crippen molar-refractivity contribution in [3.8, 4) is 11.5 Å².